The Bertz CT molecular complexity index is 702. The van der Waals surface area contributed by atoms with E-state index in [1.807, 2.05) is 18.8 Å². The van der Waals surface area contributed by atoms with E-state index in [4.69, 9.17) is 4.99 Å². The maximum absolute atomic E-state index is 4.69. The Balaban J connectivity index is 0.00000289. The molecule has 3 saturated heterocycles. The molecule has 0 radical (unpaired) electrons. The molecular formula is C25H42IN5S. The van der Waals surface area contributed by atoms with E-state index in [9.17, 15) is 0 Å². The van der Waals surface area contributed by atoms with Gasteiger partial charge in [0.1, 0.15) is 0 Å². The highest BCUT2D eigenvalue weighted by Crippen LogP contribution is 2.31. The van der Waals surface area contributed by atoms with Crippen LogP contribution in [0.4, 0.5) is 0 Å². The summed E-state index contributed by atoms with van der Waals surface area (Å²) in [5.41, 5.74) is 0.297. The van der Waals surface area contributed by atoms with Crippen molar-refractivity contribution in [2.45, 2.75) is 49.0 Å². The Morgan fingerprint density at radius 3 is 2.47 bits per heavy atom. The van der Waals surface area contributed by atoms with E-state index in [1.54, 1.807) is 0 Å². The van der Waals surface area contributed by atoms with Crippen LogP contribution in [0.25, 0.3) is 0 Å². The Kier molecular flexibility index (Phi) is 10.5. The lowest BCUT2D eigenvalue weighted by molar-refractivity contribution is 0.0170. The second-order valence-corrected chi connectivity index (χ2v) is 10.8. The van der Waals surface area contributed by atoms with Gasteiger partial charge in [0.25, 0.3) is 0 Å². The molecule has 32 heavy (non-hydrogen) atoms. The van der Waals surface area contributed by atoms with Gasteiger partial charge in [0.15, 0.2) is 5.96 Å². The fraction of sp³-hybridized carbons (Fsp3) is 0.720. The van der Waals surface area contributed by atoms with E-state index in [-0.39, 0.29) is 24.0 Å². The number of hydrogen-bond acceptors (Lipinski definition) is 4. The van der Waals surface area contributed by atoms with E-state index in [0.29, 0.717) is 5.54 Å². The molecule has 0 aliphatic carbocycles. The molecule has 3 fully saturated rings. The molecule has 1 aromatic carbocycles. The van der Waals surface area contributed by atoms with Crippen LogP contribution in [-0.4, -0.2) is 91.9 Å². The Labute approximate surface area is 216 Å². The molecule has 1 N–H and O–H groups in total. The molecular weight excluding hydrogens is 529 g/mol. The second-order valence-electron chi connectivity index (χ2n) is 9.70. The highest BCUT2D eigenvalue weighted by Gasteiger charge is 2.40. The van der Waals surface area contributed by atoms with Gasteiger partial charge in [0, 0.05) is 42.9 Å². The van der Waals surface area contributed by atoms with Gasteiger partial charge in [0.05, 0.1) is 0 Å². The molecule has 180 valence electrons. The third-order valence-electron chi connectivity index (χ3n) is 7.55. The summed E-state index contributed by atoms with van der Waals surface area (Å²) in [6, 6.07) is 10.8. The zero-order valence-electron chi connectivity index (χ0n) is 20.0. The van der Waals surface area contributed by atoms with Crippen molar-refractivity contribution in [1.82, 2.24) is 20.0 Å². The van der Waals surface area contributed by atoms with E-state index in [0.717, 1.165) is 31.5 Å². The predicted molar refractivity (Wildman–Crippen MR) is 149 cm³/mol. The van der Waals surface area contributed by atoms with Crippen molar-refractivity contribution < 1.29 is 0 Å². The van der Waals surface area contributed by atoms with E-state index < -0.39 is 0 Å². The number of benzene rings is 1. The average Bonchev–Trinajstić information content (AvgIpc) is 3.30. The van der Waals surface area contributed by atoms with Crippen molar-refractivity contribution in [1.29, 1.82) is 0 Å². The van der Waals surface area contributed by atoms with Crippen molar-refractivity contribution in [2.24, 2.45) is 10.9 Å². The van der Waals surface area contributed by atoms with E-state index in [2.05, 4.69) is 57.4 Å². The van der Waals surface area contributed by atoms with Gasteiger partial charge in [0.2, 0.25) is 0 Å². The van der Waals surface area contributed by atoms with Crippen LogP contribution in [-0.2, 0) is 0 Å². The number of guanidine groups is 1. The molecule has 3 aliphatic heterocycles. The molecule has 1 atom stereocenters. The summed E-state index contributed by atoms with van der Waals surface area (Å²) in [5.74, 6) is 3.05. The molecule has 0 bridgehead atoms. The topological polar surface area (TPSA) is 34.1 Å². The first-order chi connectivity index (χ1) is 15.2. The molecule has 0 saturated carbocycles. The smallest absolute Gasteiger partial charge is 0.193 e. The van der Waals surface area contributed by atoms with Crippen LogP contribution in [0.2, 0.25) is 0 Å². The normalized spacial score (nSPS) is 24.9. The minimum absolute atomic E-state index is 0. The van der Waals surface area contributed by atoms with Gasteiger partial charge in [-0.2, -0.15) is 0 Å². The maximum Gasteiger partial charge on any atom is 0.193 e. The molecule has 5 nitrogen and oxygen atoms in total. The summed E-state index contributed by atoms with van der Waals surface area (Å²) in [7, 11) is 4.22. The molecule has 3 aliphatic rings. The second kappa shape index (κ2) is 12.8. The highest BCUT2D eigenvalue weighted by atomic mass is 127. The monoisotopic (exact) mass is 571 g/mol. The molecule has 0 spiro atoms. The van der Waals surface area contributed by atoms with Crippen molar-refractivity contribution >= 4 is 41.7 Å². The first kappa shape index (κ1) is 26.1. The number of halogens is 1. The van der Waals surface area contributed by atoms with Gasteiger partial charge in [-0.05, 0) is 83.4 Å². The first-order valence-corrected chi connectivity index (χ1v) is 13.2. The van der Waals surface area contributed by atoms with Crippen LogP contribution >= 0.6 is 35.7 Å². The number of hydrogen-bond donors (Lipinski definition) is 1. The first-order valence-electron chi connectivity index (χ1n) is 12.3. The number of nitrogens with zero attached hydrogens (tertiary/aromatic N) is 4. The van der Waals surface area contributed by atoms with Crippen molar-refractivity contribution in [3.63, 3.8) is 0 Å². The van der Waals surface area contributed by atoms with Gasteiger partial charge >= 0.3 is 0 Å². The molecule has 0 aromatic heterocycles. The van der Waals surface area contributed by atoms with Crippen LogP contribution in [0, 0.1) is 5.92 Å². The van der Waals surface area contributed by atoms with E-state index >= 15 is 0 Å². The minimum Gasteiger partial charge on any atom is -0.354 e. The molecule has 1 aromatic rings. The number of likely N-dealkylation sites (tertiary alicyclic amines) is 3. The third kappa shape index (κ3) is 6.76. The Morgan fingerprint density at radius 2 is 1.78 bits per heavy atom. The zero-order valence-corrected chi connectivity index (χ0v) is 23.1. The Morgan fingerprint density at radius 1 is 1.06 bits per heavy atom. The largest absolute Gasteiger partial charge is 0.354 e. The lowest BCUT2D eigenvalue weighted by atomic mass is 9.84. The number of piperidine rings is 2. The lowest BCUT2D eigenvalue weighted by Crippen LogP contribution is -2.62. The summed E-state index contributed by atoms with van der Waals surface area (Å²) >= 11 is 2.00. The zero-order chi connectivity index (χ0) is 21.5. The number of rotatable bonds is 6. The van der Waals surface area contributed by atoms with E-state index in [1.165, 1.54) is 75.4 Å². The van der Waals surface area contributed by atoms with Gasteiger partial charge in [-0.3, -0.25) is 9.89 Å². The van der Waals surface area contributed by atoms with Gasteiger partial charge in [-0.25, -0.2) is 0 Å². The third-order valence-corrected chi connectivity index (χ3v) is 8.79. The highest BCUT2D eigenvalue weighted by molar-refractivity contribution is 14.0. The van der Waals surface area contributed by atoms with Crippen LogP contribution in [0.3, 0.4) is 0 Å². The molecule has 1 unspecified atom stereocenters. The number of thioether (sulfide) groups is 1. The van der Waals surface area contributed by atoms with Crippen LogP contribution in [0.15, 0.2) is 40.2 Å². The summed E-state index contributed by atoms with van der Waals surface area (Å²) in [5, 5.41) is 3.84. The van der Waals surface area contributed by atoms with Crippen LogP contribution < -0.4 is 5.32 Å². The Hall–Kier alpha value is -0.510. The summed E-state index contributed by atoms with van der Waals surface area (Å²) in [6.45, 7) is 8.24. The lowest BCUT2D eigenvalue weighted by Gasteiger charge is -2.50. The quantitative estimate of drug-likeness (QED) is 0.239. The van der Waals surface area contributed by atoms with Crippen molar-refractivity contribution in [3.05, 3.63) is 30.3 Å². The predicted octanol–water partition coefficient (Wildman–Crippen LogP) is 4.24. The van der Waals surface area contributed by atoms with Crippen LogP contribution in [0.1, 0.15) is 38.5 Å². The number of aliphatic imine (C=N–C) groups is 1. The molecule has 0 amide bonds. The fourth-order valence-corrected chi connectivity index (χ4v) is 6.53. The van der Waals surface area contributed by atoms with Gasteiger partial charge in [-0.15, -0.1) is 35.7 Å². The summed E-state index contributed by atoms with van der Waals surface area (Å²) < 4.78 is 0. The maximum atomic E-state index is 4.69. The average molecular weight is 572 g/mol. The molecule has 3 heterocycles. The van der Waals surface area contributed by atoms with Crippen LogP contribution in [0.5, 0.6) is 0 Å². The summed E-state index contributed by atoms with van der Waals surface area (Å²) in [4.78, 5) is 13.9. The fourth-order valence-electron chi connectivity index (χ4n) is 5.48. The van der Waals surface area contributed by atoms with Crippen molar-refractivity contribution in [3.8, 4) is 0 Å². The van der Waals surface area contributed by atoms with Crippen molar-refractivity contribution in [2.75, 3.05) is 65.7 Å². The number of nitrogens with one attached hydrogen (secondary N) is 1. The minimum atomic E-state index is 0. The van der Waals surface area contributed by atoms with Gasteiger partial charge in [-0.1, -0.05) is 24.6 Å². The van der Waals surface area contributed by atoms with Gasteiger partial charge < -0.3 is 15.1 Å². The standard InChI is InChI=1S/C25H41N5S.HI/c1-26-24(29-16-11-22(19-29)20-31-23-9-5-3-6-10-23)27-21-25(12-17-28(2)18-13-25)30-14-7-4-8-15-30;/h3,5-6,9-10,22H,4,7-8,11-21H2,1-2H3,(H,26,27);1H. The molecule has 7 heteroatoms. The SMILES string of the molecule is CN=C(NCC1(N2CCCCC2)CCN(C)CC1)N1CCC(CSc2ccccc2)C1.I. The molecule has 4 rings (SSSR count). The summed E-state index contributed by atoms with van der Waals surface area (Å²) in [6.07, 6.45) is 7.92.